The number of anilines is 1. The van der Waals surface area contributed by atoms with Gasteiger partial charge in [-0.05, 0) is 30.3 Å². The van der Waals surface area contributed by atoms with Gasteiger partial charge in [0.25, 0.3) is 5.91 Å². The van der Waals surface area contributed by atoms with Crippen molar-refractivity contribution < 1.29 is 9.59 Å². The van der Waals surface area contributed by atoms with Gasteiger partial charge in [-0.25, -0.2) is 0 Å². The Hall–Kier alpha value is -2.69. The molecule has 0 bridgehead atoms. The van der Waals surface area contributed by atoms with E-state index >= 15 is 0 Å². The van der Waals surface area contributed by atoms with Crippen LogP contribution in [0, 0.1) is 0 Å². The number of carbonyl (C=O) groups excluding carboxylic acids is 2. The number of aromatic amines is 1. The first-order valence-corrected chi connectivity index (χ1v) is 5.24. The van der Waals surface area contributed by atoms with Crippen molar-refractivity contribution in [2.75, 3.05) is 5.32 Å². The number of pyridine rings is 1. The van der Waals surface area contributed by atoms with Crippen molar-refractivity contribution in [1.82, 2.24) is 4.98 Å². The van der Waals surface area contributed by atoms with E-state index in [9.17, 15) is 14.4 Å². The van der Waals surface area contributed by atoms with Crippen molar-refractivity contribution in [3.63, 3.8) is 0 Å². The van der Waals surface area contributed by atoms with Crippen LogP contribution in [-0.4, -0.2) is 17.2 Å². The van der Waals surface area contributed by atoms with Gasteiger partial charge >= 0.3 is 0 Å². The summed E-state index contributed by atoms with van der Waals surface area (Å²) >= 11 is 0. The normalized spacial score (nSPS) is 9.78. The lowest BCUT2D eigenvalue weighted by molar-refractivity contribution is 0.102. The molecule has 0 aliphatic heterocycles. The van der Waals surface area contributed by atoms with Gasteiger partial charge in [-0.3, -0.25) is 14.4 Å². The summed E-state index contributed by atoms with van der Waals surface area (Å²) in [5, 5.41) is 2.65. The Balaban J connectivity index is 2.13. The number of carbonyl (C=O) groups is 2. The number of rotatable bonds is 3. The number of hydrogen-bond acceptors (Lipinski definition) is 3. The molecular formula is C13H10N2O3. The molecule has 0 saturated heterocycles. The lowest BCUT2D eigenvalue weighted by Crippen LogP contribution is -2.14. The van der Waals surface area contributed by atoms with Crippen LogP contribution in [-0.2, 0) is 0 Å². The lowest BCUT2D eigenvalue weighted by atomic mass is 10.2. The van der Waals surface area contributed by atoms with Crippen molar-refractivity contribution >= 4 is 17.9 Å². The molecule has 5 nitrogen and oxygen atoms in total. The van der Waals surface area contributed by atoms with Crippen molar-refractivity contribution in [2.45, 2.75) is 0 Å². The van der Waals surface area contributed by atoms with E-state index in [0.717, 1.165) is 6.29 Å². The van der Waals surface area contributed by atoms with E-state index < -0.39 is 0 Å². The number of aldehydes is 1. The molecule has 5 heteroatoms. The first-order valence-electron chi connectivity index (χ1n) is 5.24. The van der Waals surface area contributed by atoms with Gasteiger partial charge in [-0.1, -0.05) is 0 Å². The standard InChI is InChI=1S/C13H10N2O3/c16-8-9-1-4-11(5-2-9)15-13(18)10-3-6-12(17)14-7-10/h1-8H,(H,14,17)(H,15,18). The average molecular weight is 242 g/mol. The van der Waals surface area contributed by atoms with E-state index in [1.165, 1.54) is 18.3 Å². The maximum absolute atomic E-state index is 11.8. The molecule has 0 aliphatic carbocycles. The lowest BCUT2D eigenvalue weighted by Gasteiger charge is -2.04. The molecule has 2 N–H and O–H groups in total. The van der Waals surface area contributed by atoms with E-state index in [1.54, 1.807) is 24.3 Å². The van der Waals surface area contributed by atoms with Crippen molar-refractivity contribution in [2.24, 2.45) is 0 Å². The zero-order chi connectivity index (χ0) is 13.0. The topological polar surface area (TPSA) is 79.0 Å². The summed E-state index contributed by atoms with van der Waals surface area (Å²) < 4.78 is 0. The number of H-pyrrole nitrogens is 1. The molecule has 0 radical (unpaired) electrons. The van der Waals surface area contributed by atoms with Gasteiger partial charge in [-0.2, -0.15) is 0 Å². The quantitative estimate of drug-likeness (QED) is 0.799. The third kappa shape index (κ3) is 2.70. The number of amides is 1. The minimum Gasteiger partial charge on any atom is -0.328 e. The van der Waals surface area contributed by atoms with Crippen LogP contribution in [0.25, 0.3) is 0 Å². The Bertz CT molecular complexity index is 609. The second-order valence-corrected chi connectivity index (χ2v) is 3.64. The summed E-state index contributed by atoms with van der Waals surface area (Å²) in [6, 6.07) is 9.20. The third-order valence-corrected chi connectivity index (χ3v) is 2.35. The number of hydrogen-bond donors (Lipinski definition) is 2. The number of benzene rings is 1. The molecule has 2 aromatic rings. The van der Waals surface area contributed by atoms with Crippen molar-refractivity contribution in [3.8, 4) is 0 Å². The summed E-state index contributed by atoms with van der Waals surface area (Å²) in [7, 11) is 0. The highest BCUT2D eigenvalue weighted by molar-refractivity contribution is 6.04. The van der Waals surface area contributed by atoms with E-state index in [1.807, 2.05) is 0 Å². The minimum absolute atomic E-state index is 0.262. The molecule has 0 spiro atoms. The van der Waals surface area contributed by atoms with E-state index in [-0.39, 0.29) is 11.5 Å². The summed E-state index contributed by atoms with van der Waals surface area (Å²) in [5.74, 6) is -0.329. The summed E-state index contributed by atoms with van der Waals surface area (Å²) in [4.78, 5) is 35.5. The van der Waals surface area contributed by atoms with Crippen LogP contribution in [0.2, 0.25) is 0 Å². The predicted octanol–water partition coefficient (Wildman–Crippen LogP) is 1.44. The molecule has 1 aromatic heterocycles. The van der Waals surface area contributed by atoms with Gasteiger partial charge in [0.1, 0.15) is 6.29 Å². The van der Waals surface area contributed by atoms with Crippen LogP contribution in [0.4, 0.5) is 5.69 Å². The summed E-state index contributed by atoms with van der Waals surface area (Å²) in [6.45, 7) is 0. The fourth-order valence-corrected chi connectivity index (χ4v) is 1.40. The second kappa shape index (κ2) is 5.09. The Kier molecular flexibility index (Phi) is 3.33. The first kappa shape index (κ1) is 11.8. The molecule has 0 saturated carbocycles. The molecule has 2 rings (SSSR count). The van der Waals surface area contributed by atoms with Crippen molar-refractivity contribution in [3.05, 3.63) is 64.1 Å². The Morgan fingerprint density at radius 1 is 1.11 bits per heavy atom. The molecule has 0 atom stereocenters. The fraction of sp³-hybridized carbons (Fsp3) is 0. The largest absolute Gasteiger partial charge is 0.328 e. The van der Waals surface area contributed by atoms with Crippen LogP contribution in [0.1, 0.15) is 20.7 Å². The van der Waals surface area contributed by atoms with Gasteiger partial charge in [0, 0.05) is 23.5 Å². The van der Waals surface area contributed by atoms with Gasteiger partial charge in [0.2, 0.25) is 5.56 Å². The number of aromatic nitrogens is 1. The highest BCUT2D eigenvalue weighted by Crippen LogP contribution is 2.09. The maximum atomic E-state index is 11.8. The molecular weight excluding hydrogens is 232 g/mol. The Morgan fingerprint density at radius 2 is 1.83 bits per heavy atom. The van der Waals surface area contributed by atoms with Gasteiger partial charge in [0.15, 0.2) is 0 Å². The monoisotopic (exact) mass is 242 g/mol. The van der Waals surface area contributed by atoms with Crippen LogP contribution in [0.3, 0.4) is 0 Å². The summed E-state index contributed by atoms with van der Waals surface area (Å²) in [6.07, 6.45) is 2.07. The van der Waals surface area contributed by atoms with Gasteiger partial charge < -0.3 is 10.3 Å². The molecule has 90 valence electrons. The molecule has 1 amide bonds. The zero-order valence-corrected chi connectivity index (χ0v) is 9.34. The minimum atomic E-state index is -0.329. The van der Waals surface area contributed by atoms with Crippen LogP contribution >= 0.6 is 0 Å². The molecule has 18 heavy (non-hydrogen) atoms. The van der Waals surface area contributed by atoms with E-state index in [4.69, 9.17) is 0 Å². The second-order valence-electron chi connectivity index (χ2n) is 3.64. The maximum Gasteiger partial charge on any atom is 0.257 e. The molecule has 0 fully saturated rings. The van der Waals surface area contributed by atoms with Gasteiger partial charge in [-0.15, -0.1) is 0 Å². The fourth-order valence-electron chi connectivity index (χ4n) is 1.40. The third-order valence-electron chi connectivity index (χ3n) is 2.35. The molecule has 0 aliphatic rings. The highest BCUT2D eigenvalue weighted by Gasteiger charge is 2.05. The van der Waals surface area contributed by atoms with Crippen LogP contribution < -0.4 is 10.9 Å². The van der Waals surface area contributed by atoms with Crippen LogP contribution in [0.5, 0.6) is 0 Å². The molecule has 0 unspecified atom stereocenters. The van der Waals surface area contributed by atoms with Gasteiger partial charge in [0.05, 0.1) is 5.56 Å². The SMILES string of the molecule is O=Cc1ccc(NC(=O)c2ccc(=O)[nH]c2)cc1. The Labute approximate surface area is 102 Å². The first-order chi connectivity index (χ1) is 8.69. The van der Waals surface area contributed by atoms with E-state index in [0.29, 0.717) is 16.8 Å². The molecule has 1 heterocycles. The zero-order valence-electron chi connectivity index (χ0n) is 9.34. The predicted molar refractivity (Wildman–Crippen MR) is 66.8 cm³/mol. The average Bonchev–Trinajstić information content (AvgIpc) is 2.40. The van der Waals surface area contributed by atoms with E-state index in [2.05, 4.69) is 10.3 Å². The Morgan fingerprint density at radius 3 is 2.39 bits per heavy atom. The van der Waals surface area contributed by atoms with Crippen molar-refractivity contribution in [1.29, 1.82) is 0 Å². The highest BCUT2D eigenvalue weighted by atomic mass is 16.2. The summed E-state index contributed by atoms with van der Waals surface area (Å²) in [5.41, 5.74) is 1.21. The molecule has 1 aromatic carbocycles. The number of nitrogens with one attached hydrogen (secondary N) is 2. The smallest absolute Gasteiger partial charge is 0.257 e. The van der Waals surface area contributed by atoms with Crippen LogP contribution in [0.15, 0.2) is 47.4 Å².